The highest BCUT2D eigenvalue weighted by molar-refractivity contribution is 4.96. The molecule has 13 heavy (non-hydrogen) atoms. The Morgan fingerprint density at radius 2 is 1.77 bits per heavy atom. The van der Waals surface area contributed by atoms with Crippen molar-refractivity contribution in [1.29, 1.82) is 0 Å². The van der Waals surface area contributed by atoms with Crippen molar-refractivity contribution in [3.63, 3.8) is 0 Å². The Kier molecular flexibility index (Phi) is 2.89. The molecule has 0 heterocycles. The first-order chi connectivity index (χ1) is 6.31. The Labute approximate surface area is 81.3 Å². The third-order valence-corrected chi connectivity index (χ3v) is 3.36. The van der Waals surface area contributed by atoms with Gasteiger partial charge in [0.2, 0.25) is 0 Å². The van der Waals surface area contributed by atoms with Crippen LogP contribution in [0.1, 0.15) is 32.6 Å². The molecule has 2 fully saturated rings. The van der Waals surface area contributed by atoms with E-state index in [1.807, 2.05) is 0 Å². The van der Waals surface area contributed by atoms with Gasteiger partial charge in [0.1, 0.15) is 0 Å². The summed E-state index contributed by atoms with van der Waals surface area (Å²) in [7, 11) is 0. The highest BCUT2D eigenvalue weighted by atomic mass is 15.0. The van der Waals surface area contributed by atoms with Gasteiger partial charge in [-0.1, -0.05) is 6.92 Å². The van der Waals surface area contributed by atoms with Crippen molar-refractivity contribution in [2.75, 3.05) is 13.1 Å². The SMILES string of the molecule is CC(CN)CNC(C1CC1)C1CC1. The molecule has 2 saturated carbocycles. The van der Waals surface area contributed by atoms with Crippen molar-refractivity contribution in [2.24, 2.45) is 23.5 Å². The van der Waals surface area contributed by atoms with E-state index in [4.69, 9.17) is 5.73 Å². The van der Waals surface area contributed by atoms with E-state index in [2.05, 4.69) is 12.2 Å². The van der Waals surface area contributed by atoms with Gasteiger partial charge in [-0.2, -0.15) is 0 Å². The lowest BCUT2D eigenvalue weighted by atomic mass is 10.1. The summed E-state index contributed by atoms with van der Waals surface area (Å²) >= 11 is 0. The first-order valence-corrected chi connectivity index (χ1v) is 5.74. The van der Waals surface area contributed by atoms with Crippen LogP contribution in [0, 0.1) is 17.8 Å². The van der Waals surface area contributed by atoms with Gasteiger partial charge in [0.15, 0.2) is 0 Å². The van der Waals surface area contributed by atoms with Crippen LogP contribution >= 0.6 is 0 Å². The molecule has 0 radical (unpaired) electrons. The third kappa shape index (κ3) is 2.68. The second kappa shape index (κ2) is 3.97. The summed E-state index contributed by atoms with van der Waals surface area (Å²) in [5.74, 6) is 2.66. The molecule has 1 unspecified atom stereocenters. The summed E-state index contributed by atoms with van der Waals surface area (Å²) < 4.78 is 0. The summed E-state index contributed by atoms with van der Waals surface area (Å²) in [4.78, 5) is 0. The first kappa shape index (κ1) is 9.47. The van der Waals surface area contributed by atoms with Gasteiger partial charge < -0.3 is 11.1 Å². The molecule has 0 spiro atoms. The van der Waals surface area contributed by atoms with Gasteiger partial charge in [0, 0.05) is 6.04 Å². The molecule has 0 aromatic carbocycles. The van der Waals surface area contributed by atoms with Crippen LogP contribution in [-0.4, -0.2) is 19.1 Å². The van der Waals surface area contributed by atoms with Crippen LogP contribution in [-0.2, 0) is 0 Å². The normalized spacial score (nSPS) is 25.2. The van der Waals surface area contributed by atoms with E-state index in [1.165, 1.54) is 25.7 Å². The number of hydrogen-bond donors (Lipinski definition) is 2. The average Bonchev–Trinajstić information content (AvgIpc) is 2.98. The van der Waals surface area contributed by atoms with Gasteiger partial charge in [-0.05, 0) is 56.5 Å². The van der Waals surface area contributed by atoms with E-state index in [-0.39, 0.29) is 0 Å². The van der Waals surface area contributed by atoms with Crippen LogP contribution in [0.3, 0.4) is 0 Å². The summed E-state index contributed by atoms with van der Waals surface area (Å²) in [5, 5.41) is 3.71. The van der Waals surface area contributed by atoms with E-state index in [1.54, 1.807) is 0 Å². The van der Waals surface area contributed by atoms with E-state index in [0.29, 0.717) is 5.92 Å². The van der Waals surface area contributed by atoms with E-state index < -0.39 is 0 Å². The van der Waals surface area contributed by atoms with Crippen molar-refractivity contribution in [1.82, 2.24) is 5.32 Å². The predicted molar refractivity (Wildman–Crippen MR) is 55.5 cm³/mol. The molecule has 0 aromatic heterocycles. The fourth-order valence-corrected chi connectivity index (χ4v) is 2.05. The van der Waals surface area contributed by atoms with Crippen LogP contribution in [0.25, 0.3) is 0 Å². The van der Waals surface area contributed by atoms with E-state index in [0.717, 1.165) is 31.0 Å². The molecule has 1 atom stereocenters. The fraction of sp³-hybridized carbons (Fsp3) is 1.00. The second-order valence-corrected chi connectivity index (χ2v) is 4.95. The average molecular weight is 182 g/mol. The lowest BCUT2D eigenvalue weighted by Gasteiger charge is -2.19. The van der Waals surface area contributed by atoms with Crippen LogP contribution in [0.4, 0.5) is 0 Å². The van der Waals surface area contributed by atoms with Gasteiger partial charge in [-0.3, -0.25) is 0 Å². The molecule has 0 aromatic rings. The zero-order chi connectivity index (χ0) is 9.26. The monoisotopic (exact) mass is 182 g/mol. The molecule has 2 rings (SSSR count). The van der Waals surface area contributed by atoms with Gasteiger partial charge in [0.25, 0.3) is 0 Å². The van der Waals surface area contributed by atoms with E-state index >= 15 is 0 Å². The van der Waals surface area contributed by atoms with Crippen molar-refractivity contribution in [2.45, 2.75) is 38.6 Å². The molecular formula is C11H22N2. The van der Waals surface area contributed by atoms with Crippen molar-refractivity contribution in [3.05, 3.63) is 0 Å². The van der Waals surface area contributed by atoms with Crippen LogP contribution < -0.4 is 11.1 Å². The van der Waals surface area contributed by atoms with Crippen molar-refractivity contribution in [3.8, 4) is 0 Å². The number of rotatable bonds is 6. The molecule has 2 aliphatic rings. The zero-order valence-electron chi connectivity index (χ0n) is 8.63. The summed E-state index contributed by atoms with van der Waals surface area (Å²) in [6, 6.07) is 0.842. The molecule has 0 bridgehead atoms. The van der Waals surface area contributed by atoms with Gasteiger partial charge >= 0.3 is 0 Å². The molecule has 0 aliphatic heterocycles. The zero-order valence-corrected chi connectivity index (χ0v) is 8.63. The highest BCUT2D eigenvalue weighted by Gasteiger charge is 2.40. The Hall–Kier alpha value is -0.0800. The lowest BCUT2D eigenvalue weighted by molar-refractivity contribution is 0.384. The molecule has 2 heteroatoms. The van der Waals surface area contributed by atoms with Gasteiger partial charge in [-0.15, -0.1) is 0 Å². The van der Waals surface area contributed by atoms with Gasteiger partial charge in [0.05, 0.1) is 0 Å². The molecule has 2 nitrogen and oxygen atoms in total. The standard InChI is InChI=1S/C11H22N2/c1-8(6-12)7-13-11(9-2-3-9)10-4-5-10/h8-11,13H,2-7,12H2,1H3. The quantitative estimate of drug-likeness (QED) is 0.651. The molecule has 0 amide bonds. The summed E-state index contributed by atoms with van der Waals surface area (Å²) in [6.07, 6.45) is 5.85. The van der Waals surface area contributed by atoms with Crippen LogP contribution in [0.15, 0.2) is 0 Å². The minimum atomic E-state index is 0.639. The number of nitrogens with two attached hydrogens (primary N) is 1. The van der Waals surface area contributed by atoms with Crippen molar-refractivity contribution >= 4 is 0 Å². The fourth-order valence-electron chi connectivity index (χ4n) is 2.05. The lowest BCUT2D eigenvalue weighted by Crippen LogP contribution is -2.37. The predicted octanol–water partition coefficient (Wildman–Crippen LogP) is 1.36. The Balaban J connectivity index is 1.70. The maximum atomic E-state index is 5.60. The Morgan fingerprint density at radius 3 is 2.15 bits per heavy atom. The smallest absolute Gasteiger partial charge is 0.0124 e. The summed E-state index contributed by atoms with van der Waals surface area (Å²) in [5.41, 5.74) is 5.60. The second-order valence-electron chi connectivity index (χ2n) is 4.95. The number of hydrogen-bond acceptors (Lipinski definition) is 2. The largest absolute Gasteiger partial charge is 0.330 e. The highest BCUT2D eigenvalue weighted by Crippen LogP contribution is 2.44. The maximum Gasteiger partial charge on any atom is 0.0124 e. The first-order valence-electron chi connectivity index (χ1n) is 5.74. The summed E-state index contributed by atoms with van der Waals surface area (Å²) in [6.45, 7) is 4.16. The minimum Gasteiger partial charge on any atom is -0.330 e. The molecule has 2 aliphatic carbocycles. The number of nitrogens with one attached hydrogen (secondary N) is 1. The molecule has 76 valence electrons. The third-order valence-electron chi connectivity index (χ3n) is 3.36. The van der Waals surface area contributed by atoms with Crippen LogP contribution in [0.5, 0.6) is 0 Å². The minimum absolute atomic E-state index is 0.639. The molecule has 0 saturated heterocycles. The Morgan fingerprint density at radius 1 is 1.23 bits per heavy atom. The van der Waals surface area contributed by atoms with Gasteiger partial charge in [-0.25, -0.2) is 0 Å². The van der Waals surface area contributed by atoms with Crippen molar-refractivity contribution < 1.29 is 0 Å². The molecular weight excluding hydrogens is 160 g/mol. The van der Waals surface area contributed by atoms with E-state index in [9.17, 15) is 0 Å². The topological polar surface area (TPSA) is 38.0 Å². The van der Waals surface area contributed by atoms with Crippen LogP contribution in [0.2, 0.25) is 0 Å². The molecule has 3 N–H and O–H groups in total. The maximum absolute atomic E-state index is 5.60. The Bertz CT molecular complexity index is 149.